The van der Waals surface area contributed by atoms with Gasteiger partial charge in [-0.05, 0) is 19.1 Å². The number of carbonyl (C=O) groups excluding carboxylic acids is 2. The summed E-state index contributed by atoms with van der Waals surface area (Å²) in [6, 6.07) is 12.2. The molecule has 2 heterocycles. The lowest BCUT2D eigenvalue weighted by Crippen LogP contribution is -2.52. The molecule has 0 N–H and O–H groups in total. The van der Waals surface area contributed by atoms with Crippen molar-refractivity contribution >= 4 is 17.6 Å². The second-order valence-corrected chi connectivity index (χ2v) is 8.17. The molecule has 1 saturated heterocycles. The summed E-state index contributed by atoms with van der Waals surface area (Å²) in [5.41, 5.74) is 3.09. The molecular weight excluding hydrogens is 390 g/mol. The highest BCUT2D eigenvalue weighted by molar-refractivity contribution is 5.86. The second kappa shape index (κ2) is 10.2. The largest absolute Gasteiger partial charge is 0.352 e. The predicted molar refractivity (Wildman–Crippen MR) is 123 cm³/mol. The van der Waals surface area contributed by atoms with E-state index in [2.05, 4.69) is 40.7 Å². The molecule has 1 fully saturated rings. The monoisotopic (exact) mass is 421 g/mol. The highest BCUT2D eigenvalue weighted by atomic mass is 16.2. The summed E-state index contributed by atoms with van der Waals surface area (Å²) in [6.07, 6.45) is 1.66. The maximum Gasteiger partial charge on any atom is 0.242 e. The Morgan fingerprint density at radius 1 is 1.06 bits per heavy atom. The highest BCUT2D eigenvalue weighted by Crippen LogP contribution is 2.20. The van der Waals surface area contributed by atoms with Crippen molar-refractivity contribution in [2.45, 2.75) is 20.8 Å². The van der Waals surface area contributed by atoms with E-state index in [0.29, 0.717) is 32.7 Å². The van der Waals surface area contributed by atoms with Crippen LogP contribution in [0.25, 0.3) is 11.3 Å². The van der Waals surface area contributed by atoms with Gasteiger partial charge >= 0.3 is 0 Å². The van der Waals surface area contributed by atoms with Gasteiger partial charge in [0.1, 0.15) is 6.54 Å². The molecule has 1 aromatic carbocycles. The molecule has 0 radical (unpaired) electrons. The number of hydrogen-bond acceptors (Lipinski definition) is 5. The van der Waals surface area contributed by atoms with Crippen LogP contribution in [0.2, 0.25) is 0 Å². The van der Waals surface area contributed by atoms with E-state index >= 15 is 0 Å². The van der Waals surface area contributed by atoms with Crippen LogP contribution in [-0.2, 0) is 9.59 Å². The molecule has 2 amide bonds. The van der Waals surface area contributed by atoms with E-state index in [-0.39, 0.29) is 24.3 Å². The number of amides is 2. The standard InChI is InChI=1S/C24H31N5O2/c1-5-12-29(24(31)18(2)3)17-23(30)28-15-13-27(14-16-28)22-11-10-21(25-26-22)20-8-6-19(4)7-9-20/h5-11,18H,1,12-17H2,2-4H3. The second-order valence-electron chi connectivity index (χ2n) is 8.17. The molecule has 31 heavy (non-hydrogen) atoms. The van der Waals surface area contributed by atoms with E-state index in [1.807, 2.05) is 43.0 Å². The number of aromatic nitrogens is 2. The molecular formula is C24H31N5O2. The average molecular weight is 422 g/mol. The van der Waals surface area contributed by atoms with Crippen molar-refractivity contribution in [1.82, 2.24) is 20.0 Å². The van der Waals surface area contributed by atoms with Crippen LogP contribution >= 0.6 is 0 Å². The maximum atomic E-state index is 12.7. The van der Waals surface area contributed by atoms with E-state index in [0.717, 1.165) is 17.1 Å². The van der Waals surface area contributed by atoms with Gasteiger partial charge in [-0.15, -0.1) is 16.8 Å². The maximum absolute atomic E-state index is 12.7. The molecule has 164 valence electrons. The SMILES string of the molecule is C=CCN(CC(=O)N1CCN(c2ccc(-c3ccc(C)cc3)nn2)CC1)C(=O)C(C)C. The molecule has 7 heteroatoms. The third-order valence-corrected chi connectivity index (χ3v) is 5.44. The molecule has 0 atom stereocenters. The summed E-state index contributed by atoms with van der Waals surface area (Å²) in [4.78, 5) is 30.6. The van der Waals surface area contributed by atoms with Crippen molar-refractivity contribution in [3.8, 4) is 11.3 Å². The third-order valence-electron chi connectivity index (χ3n) is 5.44. The molecule has 1 aliphatic rings. The molecule has 1 aliphatic heterocycles. The fraction of sp³-hybridized carbons (Fsp3) is 0.417. The summed E-state index contributed by atoms with van der Waals surface area (Å²) in [5, 5.41) is 8.77. The molecule has 0 bridgehead atoms. The summed E-state index contributed by atoms with van der Waals surface area (Å²) in [6.45, 7) is 12.5. The van der Waals surface area contributed by atoms with Gasteiger partial charge in [-0.1, -0.05) is 49.8 Å². The van der Waals surface area contributed by atoms with Gasteiger partial charge in [-0.2, -0.15) is 0 Å². The van der Waals surface area contributed by atoms with Crippen molar-refractivity contribution in [2.75, 3.05) is 44.2 Å². The Morgan fingerprint density at radius 3 is 2.29 bits per heavy atom. The smallest absolute Gasteiger partial charge is 0.242 e. The molecule has 3 rings (SSSR count). The van der Waals surface area contributed by atoms with Crippen LogP contribution in [0, 0.1) is 12.8 Å². The van der Waals surface area contributed by atoms with E-state index < -0.39 is 0 Å². The normalized spacial score (nSPS) is 13.9. The van der Waals surface area contributed by atoms with Crippen molar-refractivity contribution in [2.24, 2.45) is 5.92 Å². The van der Waals surface area contributed by atoms with Crippen molar-refractivity contribution < 1.29 is 9.59 Å². The van der Waals surface area contributed by atoms with Gasteiger partial charge in [-0.3, -0.25) is 9.59 Å². The number of anilines is 1. The van der Waals surface area contributed by atoms with Crippen LogP contribution in [0.4, 0.5) is 5.82 Å². The number of hydrogen-bond donors (Lipinski definition) is 0. The van der Waals surface area contributed by atoms with Gasteiger partial charge in [0.2, 0.25) is 11.8 Å². The molecule has 2 aromatic rings. The van der Waals surface area contributed by atoms with Crippen LogP contribution in [0.1, 0.15) is 19.4 Å². The van der Waals surface area contributed by atoms with Crippen LogP contribution in [-0.4, -0.2) is 71.1 Å². The fourth-order valence-corrected chi connectivity index (χ4v) is 3.57. The average Bonchev–Trinajstić information content (AvgIpc) is 2.79. The van der Waals surface area contributed by atoms with Crippen molar-refractivity contribution in [3.05, 3.63) is 54.6 Å². The number of nitrogens with zero attached hydrogens (tertiary/aromatic N) is 5. The Bertz CT molecular complexity index is 901. The molecule has 0 saturated carbocycles. The van der Waals surface area contributed by atoms with Crippen LogP contribution < -0.4 is 4.90 Å². The molecule has 0 aliphatic carbocycles. The Kier molecular flexibility index (Phi) is 7.39. The first-order valence-corrected chi connectivity index (χ1v) is 10.7. The first kappa shape index (κ1) is 22.5. The zero-order chi connectivity index (χ0) is 22.4. The Hall–Kier alpha value is -3.22. The van der Waals surface area contributed by atoms with Crippen molar-refractivity contribution in [1.29, 1.82) is 0 Å². The Morgan fingerprint density at radius 2 is 1.74 bits per heavy atom. The Balaban J connectivity index is 1.56. The first-order valence-electron chi connectivity index (χ1n) is 10.7. The van der Waals surface area contributed by atoms with Gasteiger partial charge in [0.15, 0.2) is 5.82 Å². The molecule has 7 nitrogen and oxygen atoms in total. The van der Waals surface area contributed by atoms with Gasteiger partial charge < -0.3 is 14.7 Å². The lowest BCUT2D eigenvalue weighted by atomic mass is 10.1. The predicted octanol–water partition coefficient (Wildman–Crippen LogP) is 2.77. The highest BCUT2D eigenvalue weighted by Gasteiger charge is 2.25. The minimum Gasteiger partial charge on any atom is -0.352 e. The summed E-state index contributed by atoms with van der Waals surface area (Å²) in [5.74, 6) is 0.601. The number of rotatable bonds is 7. The number of aryl methyl sites for hydroxylation is 1. The van der Waals surface area contributed by atoms with E-state index in [4.69, 9.17) is 0 Å². The zero-order valence-corrected chi connectivity index (χ0v) is 18.6. The van der Waals surface area contributed by atoms with E-state index in [9.17, 15) is 9.59 Å². The van der Waals surface area contributed by atoms with Crippen LogP contribution in [0.5, 0.6) is 0 Å². The van der Waals surface area contributed by atoms with Gasteiger partial charge in [-0.25, -0.2) is 0 Å². The minimum absolute atomic E-state index is 0.0312. The number of benzene rings is 1. The number of carbonyl (C=O) groups is 2. The van der Waals surface area contributed by atoms with E-state index in [1.54, 1.807) is 11.0 Å². The summed E-state index contributed by atoms with van der Waals surface area (Å²) < 4.78 is 0. The first-order chi connectivity index (χ1) is 14.9. The minimum atomic E-state index is -0.147. The molecule has 0 unspecified atom stereocenters. The molecule has 0 spiro atoms. The van der Waals surface area contributed by atoms with E-state index in [1.165, 1.54) is 5.56 Å². The third kappa shape index (κ3) is 5.69. The zero-order valence-electron chi connectivity index (χ0n) is 18.6. The van der Waals surface area contributed by atoms with Crippen LogP contribution in [0.3, 0.4) is 0 Å². The lowest BCUT2D eigenvalue weighted by Gasteiger charge is -2.36. The van der Waals surface area contributed by atoms with Gasteiger partial charge in [0, 0.05) is 44.2 Å². The lowest BCUT2D eigenvalue weighted by molar-refractivity contribution is -0.142. The van der Waals surface area contributed by atoms with Gasteiger partial charge in [0.25, 0.3) is 0 Å². The number of piperazine rings is 1. The van der Waals surface area contributed by atoms with Gasteiger partial charge in [0.05, 0.1) is 5.69 Å². The summed E-state index contributed by atoms with van der Waals surface area (Å²) in [7, 11) is 0. The Labute approximate surface area is 184 Å². The van der Waals surface area contributed by atoms with Crippen LogP contribution in [0.15, 0.2) is 49.1 Å². The summed E-state index contributed by atoms with van der Waals surface area (Å²) >= 11 is 0. The topological polar surface area (TPSA) is 69.6 Å². The van der Waals surface area contributed by atoms with Crippen molar-refractivity contribution in [3.63, 3.8) is 0 Å². The molecule has 1 aromatic heterocycles. The fourth-order valence-electron chi connectivity index (χ4n) is 3.57. The quantitative estimate of drug-likeness (QED) is 0.643.